The van der Waals surface area contributed by atoms with Crippen LogP contribution in [0.5, 0.6) is 0 Å². The Hall–Kier alpha value is -3.15. The minimum Gasteiger partial charge on any atom is -0.443 e. The molecule has 0 bridgehead atoms. The summed E-state index contributed by atoms with van der Waals surface area (Å²) in [5, 5.41) is 3.00. The Morgan fingerprint density at radius 1 is 0.854 bits per heavy atom. The summed E-state index contributed by atoms with van der Waals surface area (Å²) in [6.45, 7) is 8.63. The number of para-hydroxylation sites is 1. The van der Waals surface area contributed by atoms with Crippen molar-refractivity contribution < 1.29 is 9.53 Å². The van der Waals surface area contributed by atoms with Crippen LogP contribution in [-0.4, -0.2) is 54.7 Å². The molecule has 0 spiro atoms. The number of benzene rings is 3. The summed E-state index contributed by atoms with van der Waals surface area (Å²) in [5.41, 5.74) is 3.82. The number of amides is 1. The van der Waals surface area contributed by atoms with Gasteiger partial charge in [-0.3, -0.25) is 10.2 Å². The number of unbranched alkanes of at least 4 members (excludes halogenated alkanes) is 5. The van der Waals surface area contributed by atoms with Gasteiger partial charge in [-0.25, -0.2) is 4.79 Å². The second kappa shape index (κ2) is 15.7. The minimum absolute atomic E-state index is 0.370. The molecule has 1 atom stereocenters. The quantitative estimate of drug-likeness (QED) is 0.202. The summed E-state index contributed by atoms with van der Waals surface area (Å²) in [4.78, 5) is 17.9. The molecule has 0 radical (unpaired) electrons. The largest absolute Gasteiger partial charge is 0.443 e. The number of carbonyl (C=O) groups is 1. The predicted octanol–water partition coefficient (Wildman–Crippen LogP) is 8.79. The number of piperidine rings is 1. The lowest BCUT2D eigenvalue weighted by Crippen LogP contribution is -2.46. The summed E-state index contributed by atoms with van der Waals surface area (Å²) in [6.07, 6.45) is 9.13. The number of rotatable bonds is 14. The summed E-state index contributed by atoms with van der Waals surface area (Å²) in [7, 11) is 2.24. The van der Waals surface area contributed by atoms with E-state index in [-0.39, 0.29) is 6.09 Å². The number of nitrogens with one attached hydrogen (secondary N) is 1. The predicted molar refractivity (Wildman–Crippen MR) is 171 cm³/mol. The molecular weight excluding hydrogens is 506 g/mol. The molecule has 3 aromatic carbocycles. The molecule has 220 valence electrons. The second-order valence-corrected chi connectivity index (χ2v) is 11.9. The SMILES string of the molecule is C[C@@H](c1ccccc1)N(C)CCCCCCCCN1CCC(C)(OC(=O)Nc2ccccc2-c2ccccc2)CC1. The third kappa shape index (κ3) is 9.72. The van der Waals surface area contributed by atoms with E-state index in [1.54, 1.807) is 0 Å². The van der Waals surface area contributed by atoms with Crippen LogP contribution in [0.2, 0.25) is 0 Å². The number of hydrogen-bond donors (Lipinski definition) is 1. The van der Waals surface area contributed by atoms with Crippen molar-refractivity contribution >= 4 is 11.8 Å². The van der Waals surface area contributed by atoms with Gasteiger partial charge in [-0.1, -0.05) is 105 Å². The Labute approximate surface area is 247 Å². The minimum atomic E-state index is -0.423. The summed E-state index contributed by atoms with van der Waals surface area (Å²) < 4.78 is 5.98. The average Bonchev–Trinajstić information content (AvgIpc) is 3.00. The highest BCUT2D eigenvalue weighted by atomic mass is 16.6. The van der Waals surface area contributed by atoms with Crippen LogP contribution in [0.15, 0.2) is 84.9 Å². The Bertz CT molecular complexity index is 1180. The maximum Gasteiger partial charge on any atom is 0.412 e. The van der Waals surface area contributed by atoms with Crippen molar-refractivity contribution in [1.29, 1.82) is 0 Å². The summed E-state index contributed by atoms with van der Waals surface area (Å²) in [5.74, 6) is 0. The monoisotopic (exact) mass is 555 g/mol. The summed E-state index contributed by atoms with van der Waals surface area (Å²) >= 11 is 0. The average molecular weight is 556 g/mol. The van der Waals surface area contributed by atoms with Gasteiger partial charge in [-0.2, -0.15) is 0 Å². The van der Waals surface area contributed by atoms with E-state index in [4.69, 9.17) is 4.74 Å². The first-order valence-corrected chi connectivity index (χ1v) is 15.6. The Morgan fingerprint density at radius 3 is 2.15 bits per heavy atom. The molecule has 0 saturated carbocycles. The Morgan fingerprint density at radius 2 is 1.44 bits per heavy atom. The molecule has 1 aliphatic rings. The highest BCUT2D eigenvalue weighted by Gasteiger charge is 2.33. The summed E-state index contributed by atoms with van der Waals surface area (Å²) in [6, 6.07) is 29.3. The lowest BCUT2D eigenvalue weighted by molar-refractivity contribution is -0.0163. The van der Waals surface area contributed by atoms with Crippen LogP contribution < -0.4 is 5.32 Å². The zero-order valence-electron chi connectivity index (χ0n) is 25.4. The van der Waals surface area contributed by atoms with E-state index in [0.29, 0.717) is 6.04 Å². The van der Waals surface area contributed by atoms with Gasteiger partial charge >= 0.3 is 6.09 Å². The topological polar surface area (TPSA) is 44.8 Å². The van der Waals surface area contributed by atoms with Gasteiger partial charge in [-0.05, 0) is 76.9 Å². The van der Waals surface area contributed by atoms with Gasteiger partial charge < -0.3 is 9.64 Å². The Kier molecular flexibility index (Phi) is 11.8. The van der Waals surface area contributed by atoms with Crippen molar-refractivity contribution in [2.24, 2.45) is 0 Å². The highest BCUT2D eigenvalue weighted by Crippen LogP contribution is 2.30. The van der Waals surface area contributed by atoms with Crippen molar-refractivity contribution in [3.05, 3.63) is 90.5 Å². The van der Waals surface area contributed by atoms with Gasteiger partial charge in [0, 0.05) is 24.7 Å². The Balaban J connectivity index is 1.07. The van der Waals surface area contributed by atoms with Crippen LogP contribution in [0.4, 0.5) is 10.5 Å². The zero-order valence-corrected chi connectivity index (χ0v) is 25.4. The van der Waals surface area contributed by atoms with Crippen LogP contribution >= 0.6 is 0 Å². The van der Waals surface area contributed by atoms with Crippen molar-refractivity contribution in [1.82, 2.24) is 9.80 Å². The fourth-order valence-corrected chi connectivity index (χ4v) is 5.76. The fourth-order valence-electron chi connectivity index (χ4n) is 5.76. The third-order valence-corrected chi connectivity index (χ3v) is 8.68. The number of anilines is 1. The zero-order chi connectivity index (χ0) is 28.9. The lowest BCUT2D eigenvalue weighted by atomic mass is 9.93. The smallest absolute Gasteiger partial charge is 0.412 e. The normalized spacial score (nSPS) is 15.9. The van der Waals surface area contributed by atoms with E-state index in [2.05, 4.69) is 78.5 Å². The molecule has 5 nitrogen and oxygen atoms in total. The maximum absolute atomic E-state index is 12.9. The van der Waals surface area contributed by atoms with Crippen molar-refractivity contribution in [3.8, 4) is 11.1 Å². The van der Waals surface area contributed by atoms with E-state index in [0.717, 1.165) is 55.8 Å². The molecule has 0 aromatic heterocycles. The first kappa shape index (κ1) is 30.8. The van der Waals surface area contributed by atoms with Gasteiger partial charge in [-0.15, -0.1) is 0 Å². The molecule has 5 heteroatoms. The van der Waals surface area contributed by atoms with Gasteiger partial charge in [0.05, 0.1) is 5.69 Å². The molecule has 3 aromatic rings. The molecule has 0 unspecified atom stereocenters. The second-order valence-electron chi connectivity index (χ2n) is 11.9. The molecule has 1 saturated heterocycles. The molecule has 4 rings (SSSR count). The first-order valence-electron chi connectivity index (χ1n) is 15.6. The number of ether oxygens (including phenoxy) is 1. The first-order chi connectivity index (χ1) is 19.9. The maximum atomic E-state index is 12.9. The van der Waals surface area contributed by atoms with Crippen molar-refractivity contribution in [3.63, 3.8) is 0 Å². The molecule has 1 fully saturated rings. The van der Waals surface area contributed by atoms with E-state index in [9.17, 15) is 4.79 Å². The van der Waals surface area contributed by atoms with Gasteiger partial charge in [0.2, 0.25) is 0 Å². The third-order valence-electron chi connectivity index (χ3n) is 8.68. The molecule has 1 amide bonds. The lowest BCUT2D eigenvalue weighted by Gasteiger charge is -2.38. The van der Waals surface area contributed by atoms with E-state index < -0.39 is 5.60 Å². The van der Waals surface area contributed by atoms with Crippen molar-refractivity contribution in [2.45, 2.75) is 76.9 Å². The molecule has 1 aliphatic heterocycles. The van der Waals surface area contributed by atoms with E-state index in [1.165, 1.54) is 44.1 Å². The molecule has 1 heterocycles. The number of nitrogens with zero attached hydrogens (tertiary/aromatic N) is 2. The molecule has 41 heavy (non-hydrogen) atoms. The van der Waals surface area contributed by atoms with E-state index >= 15 is 0 Å². The molecular formula is C36H49N3O2. The number of carbonyl (C=O) groups excluding carboxylic acids is 1. The standard InChI is InChI=1S/C36H49N3O2/c1-30(31-18-10-8-11-19-31)38(3)26-16-6-4-5-7-17-27-39-28-24-36(2,25-29-39)41-35(40)37-34-23-15-14-22-33(34)32-20-12-9-13-21-32/h8-15,18-23,30H,4-7,16-17,24-29H2,1-3H3,(H,37,40)/t30-/m0/s1. The van der Waals surface area contributed by atoms with Crippen LogP contribution in [-0.2, 0) is 4.74 Å². The van der Waals surface area contributed by atoms with Crippen LogP contribution in [0.1, 0.15) is 76.8 Å². The fraction of sp³-hybridized carbons (Fsp3) is 0.472. The van der Waals surface area contributed by atoms with Crippen LogP contribution in [0, 0.1) is 0 Å². The van der Waals surface area contributed by atoms with Gasteiger partial charge in [0.25, 0.3) is 0 Å². The molecule has 1 N–H and O–H groups in total. The van der Waals surface area contributed by atoms with Crippen LogP contribution in [0.25, 0.3) is 11.1 Å². The number of hydrogen-bond acceptors (Lipinski definition) is 4. The van der Waals surface area contributed by atoms with Crippen LogP contribution in [0.3, 0.4) is 0 Å². The number of likely N-dealkylation sites (tertiary alicyclic amines) is 1. The highest BCUT2D eigenvalue weighted by molar-refractivity contribution is 5.91. The van der Waals surface area contributed by atoms with E-state index in [1.807, 2.05) is 42.5 Å². The van der Waals surface area contributed by atoms with Gasteiger partial charge in [0.1, 0.15) is 5.60 Å². The van der Waals surface area contributed by atoms with Gasteiger partial charge in [0.15, 0.2) is 0 Å². The van der Waals surface area contributed by atoms with Crippen molar-refractivity contribution in [2.75, 3.05) is 38.5 Å². The molecule has 0 aliphatic carbocycles.